The Labute approximate surface area is 202 Å². The summed E-state index contributed by atoms with van der Waals surface area (Å²) in [7, 11) is 4.05. The SMILES string of the molecule is Cc1ccc(C(=O)Nc2ccc(N3CCOCC3)cc2)cc1-c1ccc(OCCN(C)C)cc1. The van der Waals surface area contributed by atoms with Gasteiger partial charge in [-0.2, -0.15) is 0 Å². The molecule has 1 aliphatic heterocycles. The molecule has 1 amide bonds. The summed E-state index contributed by atoms with van der Waals surface area (Å²) in [4.78, 5) is 17.3. The van der Waals surface area contributed by atoms with Crippen LogP contribution in [0.2, 0.25) is 0 Å². The van der Waals surface area contributed by atoms with Gasteiger partial charge in [-0.1, -0.05) is 18.2 Å². The molecule has 34 heavy (non-hydrogen) atoms. The predicted octanol–water partition coefficient (Wildman–Crippen LogP) is 4.69. The fourth-order valence-corrected chi connectivity index (χ4v) is 3.93. The molecule has 0 unspecified atom stereocenters. The smallest absolute Gasteiger partial charge is 0.255 e. The molecule has 1 saturated heterocycles. The molecule has 0 spiro atoms. The highest BCUT2D eigenvalue weighted by Crippen LogP contribution is 2.27. The van der Waals surface area contributed by atoms with Crippen LogP contribution in [0.15, 0.2) is 66.7 Å². The first-order chi connectivity index (χ1) is 16.5. The highest BCUT2D eigenvalue weighted by Gasteiger charge is 2.13. The lowest BCUT2D eigenvalue weighted by Crippen LogP contribution is -2.36. The maximum Gasteiger partial charge on any atom is 0.255 e. The molecule has 6 nitrogen and oxygen atoms in total. The van der Waals surface area contributed by atoms with Gasteiger partial charge in [0.1, 0.15) is 12.4 Å². The molecule has 3 aromatic carbocycles. The fraction of sp³-hybridized carbons (Fsp3) is 0.321. The molecular formula is C28H33N3O3. The summed E-state index contributed by atoms with van der Waals surface area (Å²) in [5, 5.41) is 3.02. The normalized spacial score (nSPS) is 13.7. The monoisotopic (exact) mass is 459 g/mol. The molecule has 6 heteroatoms. The van der Waals surface area contributed by atoms with Crippen molar-refractivity contribution in [1.29, 1.82) is 0 Å². The fourth-order valence-electron chi connectivity index (χ4n) is 3.93. The molecule has 1 aliphatic rings. The van der Waals surface area contributed by atoms with E-state index in [0.717, 1.165) is 66.7 Å². The lowest BCUT2D eigenvalue weighted by molar-refractivity contribution is 0.102. The molecule has 0 aliphatic carbocycles. The van der Waals surface area contributed by atoms with Crippen molar-refractivity contribution < 1.29 is 14.3 Å². The first kappa shape index (κ1) is 23.8. The molecule has 1 heterocycles. The van der Waals surface area contributed by atoms with Gasteiger partial charge in [-0.25, -0.2) is 0 Å². The first-order valence-electron chi connectivity index (χ1n) is 11.7. The van der Waals surface area contributed by atoms with Crippen molar-refractivity contribution in [1.82, 2.24) is 4.90 Å². The number of carbonyl (C=O) groups is 1. The van der Waals surface area contributed by atoms with Gasteiger partial charge >= 0.3 is 0 Å². The van der Waals surface area contributed by atoms with Gasteiger partial charge in [-0.05, 0) is 86.2 Å². The number of amides is 1. The minimum atomic E-state index is -0.121. The molecule has 0 aromatic heterocycles. The number of morpholine rings is 1. The van der Waals surface area contributed by atoms with Crippen LogP contribution in [0.25, 0.3) is 11.1 Å². The van der Waals surface area contributed by atoms with E-state index in [2.05, 4.69) is 22.0 Å². The number of ether oxygens (including phenoxy) is 2. The zero-order valence-electron chi connectivity index (χ0n) is 20.2. The summed E-state index contributed by atoms with van der Waals surface area (Å²) in [6, 6.07) is 21.9. The van der Waals surface area contributed by atoms with Gasteiger partial charge in [0.25, 0.3) is 5.91 Å². The van der Waals surface area contributed by atoms with Crippen molar-refractivity contribution in [3.05, 3.63) is 77.9 Å². The molecule has 0 bridgehead atoms. The molecule has 3 aromatic rings. The average molecular weight is 460 g/mol. The Balaban J connectivity index is 1.42. The Kier molecular flexibility index (Phi) is 7.83. The number of anilines is 2. The van der Waals surface area contributed by atoms with Gasteiger partial charge in [0, 0.05) is 36.6 Å². The summed E-state index contributed by atoms with van der Waals surface area (Å²) >= 11 is 0. The van der Waals surface area contributed by atoms with Crippen LogP contribution in [0.1, 0.15) is 15.9 Å². The van der Waals surface area contributed by atoms with Gasteiger partial charge < -0.3 is 24.6 Å². The lowest BCUT2D eigenvalue weighted by Gasteiger charge is -2.28. The van der Waals surface area contributed by atoms with Crippen molar-refractivity contribution in [3.8, 4) is 16.9 Å². The molecule has 0 radical (unpaired) electrons. The van der Waals surface area contributed by atoms with Gasteiger partial charge in [-0.15, -0.1) is 0 Å². The quantitative estimate of drug-likeness (QED) is 0.530. The highest BCUT2D eigenvalue weighted by atomic mass is 16.5. The van der Waals surface area contributed by atoms with E-state index in [0.29, 0.717) is 12.2 Å². The number of aryl methyl sites for hydroxylation is 1. The van der Waals surface area contributed by atoms with Crippen LogP contribution in [0.4, 0.5) is 11.4 Å². The van der Waals surface area contributed by atoms with E-state index in [-0.39, 0.29) is 5.91 Å². The predicted molar refractivity (Wildman–Crippen MR) is 138 cm³/mol. The summed E-state index contributed by atoms with van der Waals surface area (Å²) in [6.07, 6.45) is 0. The third-order valence-electron chi connectivity index (χ3n) is 5.97. The van der Waals surface area contributed by atoms with E-state index < -0.39 is 0 Å². The van der Waals surface area contributed by atoms with Crippen molar-refractivity contribution in [2.75, 3.05) is 63.8 Å². The summed E-state index contributed by atoms with van der Waals surface area (Å²) in [6.45, 7) is 6.86. The van der Waals surface area contributed by atoms with E-state index in [9.17, 15) is 4.79 Å². The summed E-state index contributed by atoms with van der Waals surface area (Å²) in [5.74, 6) is 0.724. The number of carbonyl (C=O) groups excluding carboxylic acids is 1. The third kappa shape index (κ3) is 6.16. The number of nitrogens with one attached hydrogen (secondary N) is 1. The topological polar surface area (TPSA) is 54.0 Å². The Hall–Kier alpha value is -3.35. The molecule has 1 N–H and O–H groups in total. The van der Waals surface area contributed by atoms with Crippen molar-refractivity contribution >= 4 is 17.3 Å². The standard InChI is InChI=1S/C28H33N3O3/c1-21-4-5-23(20-27(21)22-6-12-26(13-7-22)34-19-14-30(2)3)28(32)29-24-8-10-25(11-9-24)31-15-17-33-18-16-31/h4-13,20H,14-19H2,1-3H3,(H,29,32). The van der Waals surface area contributed by atoms with Gasteiger partial charge in [0.2, 0.25) is 0 Å². The Morgan fingerprint density at radius 3 is 2.38 bits per heavy atom. The number of benzene rings is 3. The van der Waals surface area contributed by atoms with Crippen LogP contribution in [0, 0.1) is 6.92 Å². The summed E-state index contributed by atoms with van der Waals surface area (Å²) < 4.78 is 11.2. The van der Waals surface area contributed by atoms with E-state index >= 15 is 0 Å². The minimum absolute atomic E-state index is 0.121. The second kappa shape index (κ2) is 11.2. The zero-order valence-corrected chi connectivity index (χ0v) is 20.2. The zero-order chi connectivity index (χ0) is 23.9. The Morgan fingerprint density at radius 2 is 1.71 bits per heavy atom. The number of nitrogens with zero attached hydrogens (tertiary/aromatic N) is 2. The first-order valence-corrected chi connectivity index (χ1v) is 11.7. The molecular weight excluding hydrogens is 426 g/mol. The Morgan fingerprint density at radius 1 is 1.00 bits per heavy atom. The van der Waals surface area contributed by atoms with E-state index in [1.54, 1.807) is 0 Å². The van der Waals surface area contributed by atoms with Crippen LogP contribution in [-0.4, -0.2) is 64.4 Å². The second-order valence-electron chi connectivity index (χ2n) is 8.81. The number of rotatable bonds is 8. The maximum absolute atomic E-state index is 13.0. The van der Waals surface area contributed by atoms with Gasteiger partial charge in [0.15, 0.2) is 0 Å². The average Bonchev–Trinajstić information content (AvgIpc) is 2.85. The van der Waals surface area contributed by atoms with Crippen molar-refractivity contribution in [2.45, 2.75) is 6.92 Å². The molecule has 178 valence electrons. The highest BCUT2D eigenvalue weighted by molar-refractivity contribution is 6.05. The van der Waals surface area contributed by atoms with E-state index in [4.69, 9.17) is 9.47 Å². The molecule has 1 fully saturated rings. The van der Waals surface area contributed by atoms with Crippen LogP contribution in [-0.2, 0) is 4.74 Å². The van der Waals surface area contributed by atoms with Crippen LogP contribution >= 0.6 is 0 Å². The number of hydrogen-bond donors (Lipinski definition) is 1. The largest absolute Gasteiger partial charge is 0.492 e. The number of hydrogen-bond acceptors (Lipinski definition) is 5. The van der Waals surface area contributed by atoms with Crippen molar-refractivity contribution in [2.24, 2.45) is 0 Å². The molecule has 0 saturated carbocycles. The van der Waals surface area contributed by atoms with E-state index in [1.807, 2.05) is 80.8 Å². The Bertz CT molecular complexity index is 1090. The third-order valence-corrected chi connectivity index (χ3v) is 5.97. The minimum Gasteiger partial charge on any atom is -0.492 e. The molecule has 0 atom stereocenters. The second-order valence-corrected chi connectivity index (χ2v) is 8.81. The molecule has 4 rings (SSSR count). The summed E-state index contributed by atoms with van der Waals surface area (Å²) in [5.41, 5.74) is 5.77. The maximum atomic E-state index is 13.0. The van der Waals surface area contributed by atoms with Gasteiger partial charge in [-0.3, -0.25) is 4.79 Å². The van der Waals surface area contributed by atoms with Crippen LogP contribution in [0.3, 0.4) is 0 Å². The number of likely N-dealkylation sites (N-methyl/N-ethyl adjacent to an activating group) is 1. The van der Waals surface area contributed by atoms with Crippen LogP contribution in [0.5, 0.6) is 5.75 Å². The van der Waals surface area contributed by atoms with Crippen LogP contribution < -0.4 is 15.0 Å². The van der Waals surface area contributed by atoms with E-state index in [1.165, 1.54) is 0 Å². The lowest BCUT2D eigenvalue weighted by atomic mass is 9.97. The van der Waals surface area contributed by atoms with Gasteiger partial charge in [0.05, 0.1) is 13.2 Å². The van der Waals surface area contributed by atoms with Crippen molar-refractivity contribution in [3.63, 3.8) is 0 Å².